The van der Waals surface area contributed by atoms with Crippen LogP contribution in [0.3, 0.4) is 0 Å². The van der Waals surface area contributed by atoms with Gasteiger partial charge in [-0.1, -0.05) is 18.2 Å². The molecule has 0 N–H and O–H groups in total. The standard InChI is InChI=1S/C21H27N3O2S/c1-2-4-20(23-9-7-22(8-10-23)18-5-6-18)17(3-1)13-19-14-24(11-12-27-19)21-15-25-16-26-21/h1-4,13,15,18H,5-12,14,16H2. The van der Waals surface area contributed by atoms with E-state index in [2.05, 4.69) is 45.0 Å². The number of ether oxygens (including phenoxy) is 2. The SMILES string of the molecule is C(=C1CN(C2=COCO2)CCS1)c1ccccc1N1CCN(C2CC2)CC1. The van der Waals surface area contributed by atoms with E-state index in [1.165, 1.54) is 42.1 Å². The first kappa shape index (κ1) is 17.3. The summed E-state index contributed by atoms with van der Waals surface area (Å²) in [6.07, 6.45) is 6.92. The van der Waals surface area contributed by atoms with Gasteiger partial charge in [0.05, 0.1) is 6.54 Å². The maximum atomic E-state index is 5.56. The first-order valence-electron chi connectivity index (χ1n) is 9.98. The Hall–Kier alpha value is -1.79. The van der Waals surface area contributed by atoms with E-state index in [0.717, 1.165) is 43.9 Å². The van der Waals surface area contributed by atoms with Gasteiger partial charge in [-0.05, 0) is 30.5 Å². The lowest BCUT2D eigenvalue weighted by Crippen LogP contribution is -2.47. The van der Waals surface area contributed by atoms with Gasteiger partial charge in [-0.3, -0.25) is 4.90 Å². The van der Waals surface area contributed by atoms with Gasteiger partial charge in [0.1, 0.15) is 6.26 Å². The van der Waals surface area contributed by atoms with Crippen LogP contribution in [-0.2, 0) is 9.47 Å². The third-order valence-electron chi connectivity index (χ3n) is 5.74. The van der Waals surface area contributed by atoms with Crippen molar-refractivity contribution in [3.05, 3.63) is 46.9 Å². The molecule has 1 aromatic rings. The fourth-order valence-corrected chi connectivity index (χ4v) is 5.14. The van der Waals surface area contributed by atoms with Gasteiger partial charge in [-0.25, -0.2) is 0 Å². The van der Waals surface area contributed by atoms with E-state index in [-0.39, 0.29) is 0 Å². The van der Waals surface area contributed by atoms with Gasteiger partial charge < -0.3 is 19.3 Å². The van der Waals surface area contributed by atoms with Gasteiger partial charge in [0.15, 0.2) is 0 Å². The minimum absolute atomic E-state index is 0.341. The first-order chi connectivity index (χ1) is 13.4. The van der Waals surface area contributed by atoms with Gasteiger partial charge in [0.2, 0.25) is 12.7 Å². The van der Waals surface area contributed by atoms with E-state index >= 15 is 0 Å². The van der Waals surface area contributed by atoms with Gasteiger partial charge in [0.25, 0.3) is 0 Å². The van der Waals surface area contributed by atoms with Crippen molar-refractivity contribution in [1.29, 1.82) is 0 Å². The minimum Gasteiger partial charge on any atom is -0.459 e. The Morgan fingerprint density at radius 2 is 1.85 bits per heavy atom. The zero-order valence-corrected chi connectivity index (χ0v) is 16.5. The second kappa shape index (κ2) is 7.68. The summed E-state index contributed by atoms with van der Waals surface area (Å²) in [6.45, 7) is 6.90. The van der Waals surface area contributed by atoms with E-state index in [1.807, 2.05) is 11.8 Å². The topological polar surface area (TPSA) is 28.2 Å². The van der Waals surface area contributed by atoms with Crippen LogP contribution in [-0.4, -0.2) is 67.7 Å². The smallest absolute Gasteiger partial charge is 0.232 e. The molecule has 2 saturated heterocycles. The zero-order chi connectivity index (χ0) is 18.1. The van der Waals surface area contributed by atoms with E-state index < -0.39 is 0 Å². The second-order valence-corrected chi connectivity index (χ2v) is 8.80. The zero-order valence-electron chi connectivity index (χ0n) is 15.7. The Morgan fingerprint density at radius 1 is 1.00 bits per heavy atom. The van der Waals surface area contributed by atoms with E-state index in [1.54, 1.807) is 6.26 Å². The largest absolute Gasteiger partial charge is 0.459 e. The third kappa shape index (κ3) is 3.92. The Balaban J connectivity index is 1.31. The normalized spacial score (nSPS) is 25.3. The quantitative estimate of drug-likeness (QED) is 0.791. The number of nitrogens with zero attached hydrogens (tertiary/aromatic N) is 3. The van der Waals surface area contributed by atoms with Crippen molar-refractivity contribution in [2.45, 2.75) is 18.9 Å². The molecule has 3 aliphatic heterocycles. The molecule has 0 unspecified atom stereocenters. The van der Waals surface area contributed by atoms with E-state index in [0.29, 0.717) is 6.79 Å². The molecule has 144 valence electrons. The number of hydrogen-bond acceptors (Lipinski definition) is 6. The van der Waals surface area contributed by atoms with Crippen molar-refractivity contribution >= 4 is 23.5 Å². The summed E-state index contributed by atoms with van der Waals surface area (Å²) in [5, 5.41) is 0. The summed E-state index contributed by atoms with van der Waals surface area (Å²) in [7, 11) is 0. The molecule has 3 heterocycles. The number of rotatable bonds is 4. The molecule has 0 radical (unpaired) electrons. The van der Waals surface area contributed by atoms with Crippen molar-refractivity contribution in [2.75, 3.05) is 56.7 Å². The van der Waals surface area contributed by atoms with Crippen molar-refractivity contribution in [3.63, 3.8) is 0 Å². The Morgan fingerprint density at radius 3 is 2.63 bits per heavy atom. The van der Waals surface area contributed by atoms with Crippen LogP contribution in [0.2, 0.25) is 0 Å². The number of piperazine rings is 1. The highest BCUT2D eigenvalue weighted by molar-refractivity contribution is 8.03. The molecule has 1 saturated carbocycles. The lowest BCUT2D eigenvalue weighted by atomic mass is 10.1. The molecule has 0 bridgehead atoms. The molecule has 1 aliphatic carbocycles. The van der Waals surface area contributed by atoms with Crippen LogP contribution < -0.4 is 4.90 Å². The van der Waals surface area contributed by atoms with Crippen molar-refractivity contribution in [1.82, 2.24) is 9.80 Å². The Kier molecular flexibility index (Phi) is 4.93. The number of anilines is 1. The molecule has 0 amide bonds. The predicted molar refractivity (Wildman–Crippen MR) is 110 cm³/mol. The summed E-state index contributed by atoms with van der Waals surface area (Å²) in [5.74, 6) is 1.94. The molecule has 1 aromatic carbocycles. The monoisotopic (exact) mass is 385 g/mol. The van der Waals surface area contributed by atoms with Crippen LogP contribution in [0, 0.1) is 0 Å². The fourth-order valence-electron chi connectivity index (χ4n) is 4.11. The molecule has 3 fully saturated rings. The molecule has 5 rings (SSSR count). The lowest BCUT2D eigenvalue weighted by molar-refractivity contribution is 0.0517. The first-order valence-corrected chi connectivity index (χ1v) is 11.0. The van der Waals surface area contributed by atoms with E-state index in [9.17, 15) is 0 Å². The van der Waals surface area contributed by atoms with Crippen LogP contribution in [0.1, 0.15) is 18.4 Å². The maximum Gasteiger partial charge on any atom is 0.232 e. The van der Waals surface area contributed by atoms with Crippen LogP contribution >= 0.6 is 11.8 Å². The predicted octanol–water partition coefficient (Wildman–Crippen LogP) is 3.16. The summed E-state index contributed by atoms with van der Waals surface area (Å²) >= 11 is 1.96. The Bertz CT molecular complexity index is 739. The second-order valence-electron chi connectivity index (χ2n) is 7.58. The summed E-state index contributed by atoms with van der Waals surface area (Å²) in [6, 6.07) is 9.73. The molecular formula is C21H27N3O2S. The van der Waals surface area contributed by atoms with Crippen LogP contribution in [0.25, 0.3) is 6.08 Å². The van der Waals surface area contributed by atoms with Crippen molar-refractivity contribution < 1.29 is 9.47 Å². The fraction of sp³-hybridized carbons (Fsp3) is 0.524. The molecular weight excluding hydrogens is 358 g/mol. The maximum absolute atomic E-state index is 5.56. The van der Waals surface area contributed by atoms with Gasteiger partial charge in [0, 0.05) is 55.1 Å². The number of benzene rings is 1. The number of para-hydroxylation sites is 1. The highest BCUT2D eigenvalue weighted by Crippen LogP contribution is 2.32. The van der Waals surface area contributed by atoms with Crippen LogP contribution in [0.15, 0.2) is 41.3 Å². The van der Waals surface area contributed by atoms with Crippen LogP contribution in [0.5, 0.6) is 0 Å². The number of thioether (sulfide) groups is 1. The average Bonchev–Trinajstić information content (AvgIpc) is 3.42. The van der Waals surface area contributed by atoms with Crippen LogP contribution in [0.4, 0.5) is 5.69 Å². The van der Waals surface area contributed by atoms with Gasteiger partial charge >= 0.3 is 0 Å². The van der Waals surface area contributed by atoms with E-state index in [4.69, 9.17) is 9.47 Å². The third-order valence-corrected chi connectivity index (χ3v) is 6.74. The highest BCUT2D eigenvalue weighted by atomic mass is 32.2. The lowest BCUT2D eigenvalue weighted by Gasteiger charge is -2.37. The molecule has 0 aromatic heterocycles. The van der Waals surface area contributed by atoms with Crippen molar-refractivity contribution in [3.8, 4) is 0 Å². The molecule has 5 nitrogen and oxygen atoms in total. The summed E-state index contributed by atoms with van der Waals surface area (Å²) in [5.41, 5.74) is 2.71. The highest BCUT2D eigenvalue weighted by Gasteiger charge is 2.31. The minimum atomic E-state index is 0.341. The summed E-state index contributed by atoms with van der Waals surface area (Å²) in [4.78, 5) is 8.89. The summed E-state index contributed by atoms with van der Waals surface area (Å²) < 4.78 is 10.8. The van der Waals surface area contributed by atoms with Gasteiger partial charge in [-0.15, -0.1) is 11.8 Å². The molecule has 4 aliphatic rings. The average molecular weight is 386 g/mol. The Labute approximate surface area is 165 Å². The molecule has 0 atom stereocenters. The van der Waals surface area contributed by atoms with Crippen molar-refractivity contribution in [2.24, 2.45) is 0 Å². The molecule has 6 heteroatoms. The van der Waals surface area contributed by atoms with Gasteiger partial charge in [-0.2, -0.15) is 0 Å². The number of hydrogen-bond donors (Lipinski definition) is 0. The molecule has 0 spiro atoms. The molecule has 27 heavy (non-hydrogen) atoms.